The van der Waals surface area contributed by atoms with Crippen LogP contribution in [-0.2, 0) is 33.7 Å². The van der Waals surface area contributed by atoms with E-state index in [2.05, 4.69) is 6.07 Å². The molecule has 0 aliphatic carbocycles. The average Bonchev–Trinajstić information content (AvgIpc) is 2.93. The van der Waals surface area contributed by atoms with Crippen LogP contribution in [0, 0.1) is 5.92 Å². The zero-order valence-corrected chi connectivity index (χ0v) is 14.0. The number of nitrogen functional groups attached to an aromatic ring is 1. The summed E-state index contributed by atoms with van der Waals surface area (Å²) in [5.74, 6) is 1.41. The van der Waals surface area contributed by atoms with Crippen LogP contribution in [0.15, 0.2) is 18.2 Å². The predicted octanol–water partition coefficient (Wildman–Crippen LogP) is 2.04. The van der Waals surface area contributed by atoms with Gasteiger partial charge in [-0.05, 0) is 11.3 Å². The van der Waals surface area contributed by atoms with Crippen molar-refractivity contribution < 1.29 is 33.7 Å². The molecule has 19 heavy (non-hydrogen) atoms. The predicted molar refractivity (Wildman–Crippen MR) is 67.9 cm³/mol. The summed E-state index contributed by atoms with van der Waals surface area (Å²) in [5, 5.41) is 0. The summed E-state index contributed by atoms with van der Waals surface area (Å²) in [6.07, 6.45) is 1.71. The largest absolute Gasteiger partial charge is 0.409 e. The van der Waals surface area contributed by atoms with Gasteiger partial charge in [0.2, 0.25) is 0 Å². The molecule has 0 radical (unpaired) electrons. The van der Waals surface area contributed by atoms with E-state index in [0.717, 1.165) is 37.3 Å². The molecule has 0 aromatic heterocycles. The molecule has 2 saturated heterocycles. The van der Waals surface area contributed by atoms with Crippen LogP contribution in [0.1, 0.15) is 30.3 Å². The first-order valence-corrected chi connectivity index (χ1v) is 6.39. The van der Waals surface area contributed by atoms with Crippen molar-refractivity contribution in [2.24, 2.45) is 0 Å². The number of ether oxygens (including phenoxy) is 3. The number of hydrogen-bond acceptors (Lipinski definition) is 4. The van der Waals surface area contributed by atoms with Crippen molar-refractivity contribution in [1.82, 2.24) is 0 Å². The van der Waals surface area contributed by atoms with Gasteiger partial charge in [-0.15, -0.1) is 6.07 Å². The molecule has 4 nitrogen and oxygen atoms in total. The summed E-state index contributed by atoms with van der Waals surface area (Å²) >= 11 is 0. The fourth-order valence-electron chi connectivity index (χ4n) is 2.47. The first kappa shape index (κ1) is 14.8. The molecular formula is C14H18NO3Zn-. The number of benzene rings is 1. The van der Waals surface area contributed by atoms with Crippen LogP contribution in [0.3, 0.4) is 0 Å². The molecule has 1 aromatic carbocycles. The zero-order chi connectivity index (χ0) is 12.4. The molecule has 2 N–H and O–H groups in total. The molecule has 2 fully saturated rings. The molecule has 2 aliphatic heterocycles. The Morgan fingerprint density at radius 3 is 2.37 bits per heavy atom. The van der Waals surface area contributed by atoms with E-state index < -0.39 is 0 Å². The van der Waals surface area contributed by atoms with E-state index in [1.54, 1.807) is 0 Å². The molecule has 0 bridgehead atoms. The third-order valence-electron chi connectivity index (χ3n) is 3.38. The first-order chi connectivity index (χ1) is 8.83. The van der Waals surface area contributed by atoms with Crippen LogP contribution in [0.2, 0.25) is 0 Å². The van der Waals surface area contributed by atoms with Gasteiger partial charge in [0.1, 0.15) is 0 Å². The Morgan fingerprint density at radius 1 is 1.00 bits per heavy atom. The fraction of sp³-hybridized carbons (Fsp3) is 0.500. The van der Waals surface area contributed by atoms with Crippen molar-refractivity contribution in [2.75, 3.05) is 32.2 Å². The van der Waals surface area contributed by atoms with E-state index in [0.29, 0.717) is 13.2 Å². The number of anilines is 1. The van der Waals surface area contributed by atoms with Crippen molar-refractivity contribution in [3.05, 3.63) is 35.2 Å². The minimum atomic E-state index is -0.257. The Morgan fingerprint density at radius 2 is 1.68 bits per heavy atom. The minimum Gasteiger partial charge on any atom is -0.409 e. The number of rotatable bonds is 2. The van der Waals surface area contributed by atoms with Crippen LogP contribution in [0.5, 0.6) is 0 Å². The molecule has 0 atom stereocenters. The molecule has 0 saturated carbocycles. The third-order valence-corrected chi connectivity index (χ3v) is 3.38. The minimum absolute atomic E-state index is 0. The monoisotopic (exact) mass is 312 g/mol. The smallest absolute Gasteiger partial charge is 0.172 e. The van der Waals surface area contributed by atoms with Crippen LogP contribution in [0.4, 0.5) is 5.69 Å². The Kier molecular flexibility index (Phi) is 5.23. The molecular weight excluding hydrogens is 296 g/mol. The van der Waals surface area contributed by atoms with Gasteiger partial charge < -0.3 is 19.9 Å². The summed E-state index contributed by atoms with van der Waals surface area (Å²) < 4.78 is 16.4. The third kappa shape index (κ3) is 3.48. The van der Waals surface area contributed by atoms with Gasteiger partial charge in [0.05, 0.1) is 13.2 Å². The maximum Gasteiger partial charge on any atom is 0.172 e. The van der Waals surface area contributed by atoms with E-state index >= 15 is 0 Å². The molecule has 2 aliphatic rings. The van der Waals surface area contributed by atoms with Crippen LogP contribution < -0.4 is 5.73 Å². The Balaban J connectivity index is 0.00000133. The van der Waals surface area contributed by atoms with E-state index in [4.69, 9.17) is 19.9 Å². The summed E-state index contributed by atoms with van der Waals surface area (Å²) in [4.78, 5) is 0. The second-order valence-corrected chi connectivity index (χ2v) is 4.68. The van der Waals surface area contributed by atoms with Gasteiger partial charge in [-0.2, -0.15) is 17.5 Å². The Labute approximate surface area is 126 Å². The van der Waals surface area contributed by atoms with E-state index in [9.17, 15) is 0 Å². The standard InChI is InChI=1S/C14H18NO3.Zn/c15-13-8-11(10-1-3-16-4-2-10)7-12(9-13)14-17-5-6-18-14;/h7-9,14H,1-6,15H2;/q-1;. The van der Waals surface area contributed by atoms with Gasteiger partial charge >= 0.3 is 0 Å². The molecule has 1 aromatic rings. The van der Waals surface area contributed by atoms with Gasteiger partial charge in [0, 0.05) is 32.7 Å². The molecule has 0 spiro atoms. The van der Waals surface area contributed by atoms with E-state index in [1.165, 1.54) is 11.5 Å². The SMILES string of the molecule is Nc1cc([C-]2CCOCC2)cc(C2OCCO2)c1.[Zn]. The average molecular weight is 314 g/mol. The van der Waals surface area contributed by atoms with Crippen LogP contribution >= 0.6 is 0 Å². The normalized spacial score (nSPS) is 20.3. The van der Waals surface area contributed by atoms with E-state index in [-0.39, 0.29) is 25.8 Å². The van der Waals surface area contributed by atoms with Crippen molar-refractivity contribution in [3.8, 4) is 0 Å². The second kappa shape index (κ2) is 6.71. The van der Waals surface area contributed by atoms with Gasteiger partial charge in [-0.25, -0.2) is 0 Å². The molecule has 2 heterocycles. The summed E-state index contributed by atoms with van der Waals surface area (Å²) in [7, 11) is 0. The Hall–Kier alpha value is -0.607. The molecule has 3 rings (SSSR count). The maximum atomic E-state index is 5.98. The van der Waals surface area contributed by atoms with E-state index in [1.807, 2.05) is 12.1 Å². The molecule has 5 heteroatoms. The maximum absolute atomic E-state index is 5.98. The summed E-state index contributed by atoms with van der Waals surface area (Å²) in [6, 6.07) is 6.09. The zero-order valence-electron chi connectivity index (χ0n) is 11.1. The van der Waals surface area contributed by atoms with Crippen molar-refractivity contribution in [1.29, 1.82) is 0 Å². The topological polar surface area (TPSA) is 53.7 Å². The number of hydrogen-bond donors (Lipinski definition) is 1. The van der Waals surface area contributed by atoms with Crippen molar-refractivity contribution in [2.45, 2.75) is 19.1 Å². The second-order valence-electron chi connectivity index (χ2n) is 4.68. The molecule has 100 valence electrons. The van der Waals surface area contributed by atoms with Gasteiger partial charge in [0.15, 0.2) is 6.29 Å². The quantitative estimate of drug-likeness (QED) is 0.516. The Bertz CT molecular complexity index is 415. The van der Waals surface area contributed by atoms with Crippen LogP contribution in [0.25, 0.3) is 0 Å². The first-order valence-electron chi connectivity index (χ1n) is 6.39. The van der Waals surface area contributed by atoms with Gasteiger partial charge in [-0.3, -0.25) is 0 Å². The van der Waals surface area contributed by atoms with Crippen LogP contribution in [-0.4, -0.2) is 26.4 Å². The fourth-order valence-corrected chi connectivity index (χ4v) is 2.47. The summed E-state index contributed by atoms with van der Waals surface area (Å²) in [6.45, 7) is 2.91. The molecule has 0 unspecified atom stereocenters. The van der Waals surface area contributed by atoms with Crippen molar-refractivity contribution >= 4 is 5.69 Å². The summed E-state index contributed by atoms with van der Waals surface area (Å²) in [5.41, 5.74) is 8.96. The number of nitrogens with two attached hydrogens (primary N) is 1. The molecule has 0 amide bonds. The van der Waals surface area contributed by atoms with Gasteiger partial charge in [0.25, 0.3) is 0 Å². The van der Waals surface area contributed by atoms with Crippen molar-refractivity contribution in [3.63, 3.8) is 0 Å². The van der Waals surface area contributed by atoms with Gasteiger partial charge in [-0.1, -0.05) is 18.9 Å².